The summed E-state index contributed by atoms with van der Waals surface area (Å²) in [7, 11) is 0. The van der Waals surface area contributed by atoms with Gasteiger partial charge in [0.2, 0.25) is 0 Å². The van der Waals surface area contributed by atoms with Gasteiger partial charge in [-0.25, -0.2) is 4.98 Å². The Kier molecular flexibility index (Phi) is 4.67. The molecule has 3 rings (SSSR count). The van der Waals surface area contributed by atoms with Crippen LogP contribution in [-0.2, 0) is 19.4 Å². The van der Waals surface area contributed by atoms with Gasteiger partial charge in [0.1, 0.15) is 5.82 Å². The van der Waals surface area contributed by atoms with E-state index in [1.54, 1.807) is 0 Å². The quantitative estimate of drug-likeness (QED) is 0.550. The highest BCUT2D eigenvalue weighted by molar-refractivity contribution is 9.10. The second-order valence-corrected chi connectivity index (χ2v) is 7.45. The average Bonchev–Trinajstić information content (AvgIpc) is 3.05. The molecule has 2 aromatic heterocycles. The van der Waals surface area contributed by atoms with Crippen LogP contribution in [0, 0.1) is 0 Å². The molecule has 0 spiro atoms. The fraction of sp³-hybridized carbons (Fsp3) is 0.312. The lowest BCUT2D eigenvalue weighted by atomic mass is 10.3. The number of alkyl halides is 1. The molecule has 0 amide bonds. The average molecular weight is 384 g/mol. The summed E-state index contributed by atoms with van der Waals surface area (Å²) in [6.07, 6.45) is 1.89. The molecule has 3 aromatic rings. The van der Waals surface area contributed by atoms with Crippen LogP contribution in [-0.4, -0.2) is 15.4 Å². The maximum atomic E-state index is 5.94. The van der Waals surface area contributed by atoms with Crippen molar-refractivity contribution in [2.24, 2.45) is 0 Å². The first-order valence-corrected chi connectivity index (χ1v) is 9.14. The smallest absolute Gasteiger partial charge is 0.111 e. The molecule has 0 atom stereocenters. The van der Waals surface area contributed by atoms with Crippen LogP contribution in [0.5, 0.6) is 0 Å². The van der Waals surface area contributed by atoms with Crippen molar-refractivity contribution in [3.63, 3.8) is 0 Å². The molecular weight excluding hydrogens is 368 g/mol. The second-order valence-electron chi connectivity index (χ2n) is 4.91. The lowest BCUT2D eigenvalue weighted by Crippen LogP contribution is -2.04. The maximum Gasteiger partial charge on any atom is 0.111 e. The van der Waals surface area contributed by atoms with Gasteiger partial charge in [-0.15, -0.1) is 22.9 Å². The van der Waals surface area contributed by atoms with E-state index >= 15 is 0 Å². The van der Waals surface area contributed by atoms with Gasteiger partial charge in [-0.2, -0.15) is 0 Å². The van der Waals surface area contributed by atoms with E-state index in [1.807, 2.05) is 11.3 Å². The van der Waals surface area contributed by atoms with Crippen molar-refractivity contribution in [2.45, 2.75) is 26.3 Å². The number of aryl methyl sites for hydroxylation is 2. The first kappa shape index (κ1) is 15.1. The van der Waals surface area contributed by atoms with E-state index in [0.717, 1.165) is 35.2 Å². The Hall–Kier alpha value is -0.840. The van der Waals surface area contributed by atoms with Gasteiger partial charge in [-0.05, 0) is 36.8 Å². The van der Waals surface area contributed by atoms with Crippen LogP contribution in [0.2, 0.25) is 0 Å². The third-order valence-electron chi connectivity index (χ3n) is 3.49. The monoisotopic (exact) mass is 382 g/mol. The molecule has 0 fully saturated rings. The summed E-state index contributed by atoms with van der Waals surface area (Å²) in [5.74, 6) is 1.65. The molecule has 0 radical (unpaired) electrons. The van der Waals surface area contributed by atoms with Gasteiger partial charge in [0.25, 0.3) is 0 Å². The SMILES string of the molecule is CCc1ccc(Cn2c(CCCl)nc3cc(Br)ccc32)s1. The maximum absolute atomic E-state index is 5.94. The molecule has 2 nitrogen and oxygen atoms in total. The number of aromatic nitrogens is 2. The van der Waals surface area contributed by atoms with Gasteiger partial charge >= 0.3 is 0 Å². The topological polar surface area (TPSA) is 17.8 Å². The molecule has 0 N–H and O–H groups in total. The predicted octanol–water partition coefficient (Wildman–Crippen LogP) is 5.25. The summed E-state index contributed by atoms with van der Waals surface area (Å²) < 4.78 is 3.34. The zero-order valence-corrected chi connectivity index (χ0v) is 14.9. The molecule has 5 heteroatoms. The molecule has 0 unspecified atom stereocenters. The largest absolute Gasteiger partial charge is 0.323 e. The van der Waals surface area contributed by atoms with Gasteiger partial charge in [-0.1, -0.05) is 22.9 Å². The summed E-state index contributed by atoms with van der Waals surface area (Å²) in [6.45, 7) is 3.06. The Morgan fingerprint density at radius 3 is 2.76 bits per heavy atom. The third-order valence-corrected chi connectivity index (χ3v) is 5.38. The minimum absolute atomic E-state index is 0.592. The molecule has 0 bridgehead atoms. The van der Waals surface area contributed by atoms with Crippen LogP contribution in [0.1, 0.15) is 22.5 Å². The Labute approximate surface area is 141 Å². The molecule has 0 aliphatic carbocycles. The van der Waals surface area contributed by atoms with Crippen molar-refractivity contribution in [1.29, 1.82) is 0 Å². The van der Waals surface area contributed by atoms with Crippen molar-refractivity contribution in [2.75, 3.05) is 5.88 Å². The molecule has 1 aromatic carbocycles. The zero-order chi connectivity index (χ0) is 14.8. The van der Waals surface area contributed by atoms with Gasteiger partial charge in [0.05, 0.1) is 17.6 Å². The summed E-state index contributed by atoms with van der Waals surface area (Å²) >= 11 is 11.3. The fourth-order valence-corrected chi connectivity index (χ4v) is 3.92. The fourth-order valence-electron chi connectivity index (χ4n) is 2.46. The number of nitrogens with zero attached hydrogens (tertiary/aromatic N) is 2. The number of hydrogen-bond acceptors (Lipinski definition) is 2. The van der Waals surface area contributed by atoms with E-state index in [2.05, 4.69) is 57.8 Å². The van der Waals surface area contributed by atoms with Gasteiger partial charge in [0, 0.05) is 26.5 Å². The zero-order valence-electron chi connectivity index (χ0n) is 11.8. The van der Waals surface area contributed by atoms with Gasteiger partial charge < -0.3 is 4.57 Å². The first-order valence-electron chi connectivity index (χ1n) is 6.99. The van der Waals surface area contributed by atoms with E-state index in [-0.39, 0.29) is 0 Å². The van der Waals surface area contributed by atoms with E-state index < -0.39 is 0 Å². The van der Waals surface area contributed by atoms with Crippen molar-refractivity contribution in [3.8, 4) is 0 Å². The number of imidazole rings is 1. The van der Waals surface area contributed by atoms with Crippen LogP contribution >= 0.6 is 38.9 Å². The van der Waals surface area contributed by atoms with Crippen molar-refractivity contribution >= 4 is 49.9 Å². The van der Waals surface area contributed by atoms with Crippen molar-refractivity contribution in [3.05, 3.63) is 50.4 Å². The van der Waals surface area contributed by atoms with Crippen molar-refractivity contribution in [1.82, 2.24) is 9.55 Å². The highest BCUT2D eigenvalue weighted by Crippen LogP contribution is 2.25. The van der Waals surface area contributed by atoms with Crippen molar-refractivity contribution < 1.29 is 0 Å². The Balaban J connectivity index is 2.03. The van der Waals surface area contributed by atoms with Crippen LogP contribution in [0.15, 0.2) is 34.8 Å². The van der Waals surface area contributed by atoms with Crippen LogP contribution in [0.3, 0.4) is 0 Å². The van der Waals surface area contributed by atoms with E-state index in [9.17, 15) is 0 Å². The summed E-state index contributed by atoms with van der Waals surface area (Å²) in [5, 5.41) is 0. The Bertz CT molecular complexity index is 763. The second kappa shape index (κ2) is 6.51. The highest BCUT2D eigenvalue weighted by Gasteiger charge is 2.12. The molecule has 110 valence electrons. The Morgan fingerprint density at radius 1 is 1.24 bits per heavy atom. The van der Waals surface area contributed by atoms with E-state index in [1.165, 1.54) is 15.3 Å². The number of benzene rings is 1. The molecule has 0 aliphatic heterocycles. The molecular formula is C16H16BrClN2S. The summed E-state index contributed by atoms with van der Waals surface area (Å²) in [4.78, 5) is 7.53. The van der Waals surface area contributed by atoms with Gasteiger partial charge in [-0.3, -0.25) is 0 Å². The normalized spacial score (nSPS) is 11.4. The Morgan fingerprint density at radius 2 is 2.05 bits per heavy atom. The predicted molar refractivity (Wildman–Crippen MR) is 94.7 cm³/mol. The highest BCUT2D eigenvalue weighted by atomic mass is 79.9. The van der Waals surface area contributed by atoms with Crippen LogP contribution < -0.4 is 0 Å². The number of rotatable bonds is 5. The standard InChI is InChI=1S/C16H16BrClN2S/c1-2-12-4-5-13(21-12)10-20-15-6-3-11(17)9-14(15)19-16(20)7-8-18/h3-6,9H,2,7-8,10H2,1H3. The third kappa shape index (κ3) is 3.17. The molecule has 0 saturated heterocycles. The van der Waals surface area contributed by atoms with Crippen LogP contribution in [0.4, 0.5) is 0 Å². The molecule has 2 heterocycles. The first-order chi connectivity index (χ1) is 10.2. The lowest BCUT2D eigenvalue weighted by molar-refractivity contribution is 0.763. The molecule has 0 saturated carbocycles. The number of hydrogen-bond donors (Lipinski definition) is 0. The number of thiophene rings is 1. The summed E-state index contributed by atoms with van der Waals surface area (Å²) in [6, 6.07) is 10.7. The lowest BCUT2D eigenvalue weighted by Gasteiger charge is -2.07. The molecule has 21 heavy (non-hydrogen) atoms. The van der Waals surface area contributed by atoms with Gasteiger partial charge in [0.15, 0.2) is 0 Å². The van der Waals surface area contributed by atoms with E-state index in [4.69, 9.17) is 16.6 Å². The summed E-state index contributed by atoms with van der Waals surface area (Å²) in [5.41, 5.74) is 2.20. The number of fused-ring (bicyclic) bond motifs is 1. The minimum atomic E-state index is 0.592. The minimum Gasteiger partial charge on any atom is -0.323 e. The van der Waals surface area contributed by atoms with E-state index in [0.29, 0.717) is 5.88 Å². The number of halogens is 2. The van der Waals surface area contributed by atoms with Crippen LogP contribution in [0.25, 0.3) is 11.0 Å². The molecule has 0 aliphatic rings.